The summed E-state index contributed by atoms with van der Waals surface area (Å²) < 4.78 is 0. The van der Waals surface area contributed by atoms with Gasteiger partial charge in [-0.05, 0) is 90.0 Å². The number of hydrogen-bond donors (Lipinski definition) is 2. The predicted octanol–water partition coefficient (Wildman–Crippen LogP) is 9.90. The number of allylic oxidation sites excluding steroid dienone is 14. The van der Waals surface area contributed by atoms with Gasteiger partial charge in [0.2, 0.25) is 0 Å². The zero-order valence-corrected chi connectivity index (χ0v) is 26.2. The predicted molar refractivity (Wildman–Crippen MR) is 186 cm³/mol. The molecule has 0 aliphatic carbocycles. The Kier molecular flexibility index (Phi) is 14.2. The largest absolute Gasteiger partial charge is 0.355 e. The number of nitrogens with zero attached hydrogens (tertiary/aromatic N) is 3. The number of aliphatic imine (C=N–C) groups is 1. The van der Waals surface area contributed by atoms with Gasteiger partial charge < -0.3 is 10.6 Å². The summed E-state index contributed by atoms with van der Waals surface area (Å²) in [7, 11) is 1.76. The molecule has 0 aliphatic heterocycles. The summed E-state index contributed by atoms with van der Waals surface area (Å²) in [5.74, 6) is 0. The van der Waals surface area contributed by atoms with Crippen LogP contribution in [0.4, 0.5) is 11.4 Å². The molecule has 0 saturated heterocycles. The van der Waals surface area contributed by atoms with Crippen molar-refractivity contribution >= 4 is 28.7 Å². The first-order chi connectivity index (χ1) is 20.2. The summed E-state index contributed by atoms with van der Waals surface area (Å²) in [5.41, 5.74) is 11.4. The maximum absolute atomic E-state index is 4.32. The maximum atomic E-state index is 4.32. The van der Waals surface area contributed by atoms with E-state index in [9.17, 15) is 0 Å². The molecule has 2 heterocycles. The molecule has 2 aromatic rings. The molecule has 0 radical (unpaired) electrons. The van der Waals surface area contributed by atoms with E-state index in [2.05, 4.69) is 89.9 Å². The van der Waals surface area contributed by atoms with E-state index in [0.717, 1.165) is 51.5 Å². The summed E-state index contributed by atoms with van der Waals surface area (Å²) in [5, 5.41) is 7.05. The van der Waals surface area contributed by atoms with Crippen molar-refractivity contribution in [2.24, 2.45) is 4.99 Å². The van der Waals surface area contributed by atoms with Crippen molar-refractivity contribution in [3.05, 3.63) is 144 Å². The van der Waals surface area contributed by atoms with Crippen molar-refractivity contribution in [2.75, 3.05) is 17.7 Å². The van der Waals surface area contributed by atoms with Crippen molar-refractivity contribution in [3.63, 3.8) is 0 Å². The standard InChI is InChI=1S/C37H45N5/c1-10-13-33(42-36-18-20-39-25-34(36)30(8)11-2)17-15-29(7)23-28(6)14-16-32(12-3)41-37-19-21-40-26-35(37)31(24-38-9)22-27(4)5/h10-22,24-26H,3-4,23H2,1-2,5-9H3,(H,39,42)(H,40,41)/b13-10-,28-14+,29-15+,30-11+,31-22+,32-16+,33-17+,38-24?. The molecule has 0 unspecified atom stereocenters. The highest BCUT2D eigenvalue weighted by Crippen LogP contribution is 2.25. The van der Waals surface area contributed by atoms with Crippen molar-refractivity contribution in [1.82, 2.24) is 9.97 Å². The van der Waals surface area contributed by atoms with Crippen LogP contribution in [0.15, 0.2) is 138 Å². The highest BCUT2D eigenvalue weighted by atomic mass is 14.9. The molecule has 5 nitrogen and oxygen atoms in total. The van der Waals surface area contributed by atoms with Gasteiger partial charge in [-0.25, -0.2) is 0 Å². The number of aromatic nitrogens is 2. The molecule has 5 heteroatoms. The van der Waals surface area contributed by atoms with Crippen molar-refractivity contribution in [3.8, 4) is 0 Å². The normalized spacial score (nSPS) is 14.1. The monoisotopic (exact) mass is 559 g/mol. The van der Waals surface area contributed by atoms with Gasteiger partial charge in [0.15, 0.2) is 0 Å². The average Bonchev–Trinajstić information content (AvgIpc) is 2.97. The van der Waals surface area contributed by atoms with Crippen LogP contribution < -0.4 is 10.6 Å². The first kappa shape index (κ1) is 33.4. The molecule has 0 aliphatic rings. The molecule has 0 amide bonds. The van der Waals surface area contributed by atoms with Crippen LogP contribution in [0.3, 0.4) is 0 Å². The molecular weight excluding hydrogens is 514 g/mol. The highest BCUT2D eigenvalue weighted by Gasteiger charge is 2.08. The molecule has 2 rings (SSSR count). The first-order valence-corrected chi connectivity index (χ1v) is 14.1. The number of anilines is 2. The van der Waals surface area contributed by atoms with Crippen LogP contribution in [0.25, 0.3) is 11.1 Å². The Labute approximate surface area is 253 Å². The Hall–Kier alpha value is -4.77. The Balaban J connectivity index is 2.23. The third-order valence-electron chi connectivity index (χ3n) is 6.26. The van der Waals surface area contributed by atoms with E-state index in [1.54, 1.807) is 13.2 Å². The SMILES string of the molecule is C=C/C(=C\C=C(/C)C/C(C)=C/C=C(\C=C/C)Nc1ccncc1/C(C)=C/C)Nc1ccncc1/C(C=NC)=C/C(=C)C. The molecule has 0 saturated carbocycles. The molecule has 2 N–H and O–H groups in total. The molecule has 0 fully saturated rings. The second-order valence-electron chi connectivity index (χ2n) is 10.0. The van der Waals surface area contributed by atoms with E-state index in [-0.39, 0.29) is 0 Å². The van der Waals surface area contributed by atoms with Gasteiger partial charge in [-0.3, -0.25) is 15.0 Å². The highest BCUT2D eigenvalue weighted by molar-refractivity contribution is 6.12. The van der Waals surface area contributed by atoms with Gasteiger partial charge in [-0.15, -0.1) is 0 Å². The van der Waals surface area contributed by atoms with Gasteiger partial charge in [-0.2, -0.15) is 0 Å². The second-order valence-corrected chi connectivity index (χ2v) is 10.0. The third-order valence-corrected chi connectivity index (χ3v) is 6.26. The van der Waals surface area contributed by atoms with Crippen LogP contribution in [-0.4, -0.2) is 23.2 Å². The van der Waals surface area contributed by atoms with Gasteiger partial charge in [0, 0.05) is 77.5 Å². The van der Waals surface area contributed by atoms with E-state index in [0.29, 0.717) is 0 Å². The van der Waals surface area contributed by atoms with Crippen LogP contribution in [-0.2, 0) is 0 Å². The number of rotatable bonds is 14. The van der Waals surface area contributed by atoms with Crippen LogP contribution in [0, 0.1) is 0 Å². The fourth-order valence-electron chi connectivity index (χ4n) is 4.11. The van der Waals surface area contributed by atoms with E-state index < -0.39 is 0 Å². The average molecular weight is 560 g/mol. The Morgan fingerprint density at radius 1 is 0.857 bits per heavy atom. The Morgan fingerprint density at radius 3 is 1.98 bits per heavy atom. The molecule has 0 bridgehead atoms. The van der Waals surface area contributed by atoms with E-state index >= 15 is 0 Å². The smallest absolute Gasteiger partial charge is 0.0495 e. The van der Waals surface area contributed by atoms with Crippen LogP contribution in [0.2, 0.25) is 0 Å². The van der Waals surface area contributed by atoms with Gasteiger partial charge >= 0.3 is 0 Å². The lowest BCUT2D eigenvalue weighted by Crippen LogP contribution is -2.01. The van der Waals surface area contributed by atoms with Gasteiger partial charge in [0.05, 0.1) is 0 Å². The fourth-order valence-corrected chi connectivity index (χ4v) is 4.11. The van der Waals surface area contributed by atoms with Gasteiger partial charge in [-0.1, -0.05) is 60.3 Å². The van der Waals surface area contributed by atoms with Gasteiger partial charge in [0.25, 0.3) is 0 Å². The Morgan fingerprint density at radius 2 is 1.43 bits per heavy atom. The topological polar surface area (TPSA) is 62.2 Å². The number of hydrogen-bond acceptors (Lipinski definition) is 5. The second kappa shape index (κ2) is 17.8. The summed E-state index contributed by atoms with van der Waals surface area (Å²) in [6, 6.07) is 3.95. The fraction of sp³-hybridized carbons (Fsp3) is 0.216. The maximum Gasteiger partial charge on any atom is 0.0495 e. The van der Waals surface area contributed by atoms with Crippen molar-refractivity contribution < 1.29 is 0 Å². The molecule has 218 valence electrons. The summed E-state index contributed by atoms with van der Waals surface area (Å²) in [6.07, 6.45) is 28.4. The molecule has 42 heavy (non-hydrogen) atoms. The zero-order valence-electron chi connectivity index (χ0n) is 26.2. The number of nitrogens with one attached hydrogen (secondary N) is 2. The van der Waals surface area contributed by atoms with Crippen LogP contribution in [0.5, 0.6) is 0 Å². The molecule has 0 spiro atoms. The van der Waals surface area contributed by atoms with Crippen LogP contribution >= 0.6 is 0 Å². The minimum atomic E-state index is 0.845. The quantitative estimate of drug-likeness (QED) is 0.179. The van der Waals surface area contributed by atoms with Crippen molar-refractivity contribution in [2.45, 2.75) is 48.0 Å². The third kappa shape index (κ3) is 11.0. The lowest BCUT2D eigenvalue weighted by atomic mass is 10.0. The van der Waals surface area contributed by atoms with E-state index in [1.165, 1.54) is 16.7 Å². The zero-order chi connectivity index (χ0) is 30.9. The lowest BCUT2D eigenvalue weighted by Gasteiger charge is -2.13. The van der Waals surface area contributed by atoms with Crippen molar-refractivity contribution in [1.29, 1.82) is 0 Å². The van der Waals surface area contributed by atoms with Gasteiger partial charge in [0.1, 0.15) is 0 Å². The lowest BCUT2D eigenvalue weighted by molar-refractivity contribution is 1.11. The summed E-state index contributed by atoms with van der Waals surface area (Å²) in [6.45, 7) is 20.4. The molecule has 2 aromatic heterocycles. The summed E-state index contributed by atoms with van der Waals surface area (Å²) >= 11 is 0. The van der Waals surface area contributed by atoms with E-state index in [4.69, 9.17) is 0 Å². The molecule has 0 aromatic carbocycles. The van der Waals surface area contributed by atoms with Crippen LogP contribution in [0.1, 0.15) is 59.1 Å². The molecule has 0 atom stereocenters. The number of pyridine rings is 2. The minimum Gasteiger partial charge on any atom is -0.355 e. The first-order valence-electron chi connectivity index (χ1n) is 14.1. The molecular formula is C37H45N5. The van der Waals surface area contributed by atoms with E-state index in [1.807, 2.05) is 82.0 Å². The minimum absolute atomic E-state index is 0.845. The summed E-state index contributed by atoms with van der Waals surface area (Å²) in [4.78, 5) is 12.8. The Bertz CT molecular complexity index is 1490.